The predicted molar refractivity (Wildman–Crippen MR) is 70.0 cm³/mol. The van der Waals surface area contributed by atoms with Crippen molar-refractivity contribution < 1.29 is 12.8 Å². The number of hydrogen-bond donors (Lipinski definition) is 3. The molecule has 19 heavy (non-hydrogen) atoms. The molecule has 0 unspecified atom stereocenters. The van der Waals surface area contributed by atoms with Crippen LogP contribution in [0.5, 0.6) is 0 Å². The van der Waals surface area contributed by atoms with Gasteiger partial charge in [0.25, 0.3) is 10.0 Å². The van der Waals surface area contributed by atoms with E-state index in [0.717, 1.165) is 18.2 Å². The highest BCUT2D eigenvalue weighted by Crippen LogP contribution is 2.26. The first-order chi connectivity index (χ1) is 8.81. The number of nitrogens with one attached hydrogen (secondary N) is 2. The third kappa shape index (κ3) is 2.64. The molecule has 2 rings (SSSR count). The number of hydrogen-bond acceptors (Lipinski definition) is 4. The van der Waals surface area contributed by atoms with Crippen LogP contribution in [0.15, 0.2) is 23.1 Å². The average molecular weight is 305 g/mol. The lowest BCUT2D eigenvalue weighted by Crippen LogP contribution is -2.15. The zero-order valence-corrected chi connectivity index (χ0v) is 11.3. The normalized spacial score (nSPS) is 11.5. The molecule has 0 spiro atoms. The van der Waals surface area contributed by atoms with Gasteiger partial charge >= 0.3 is 0 Å². The van der Waals surface area contributed by atoms with E-state index in [1.165, 1.54) is 0 Å². The van der Waals surface area contributed by atoms with Gasteiger partial charge in [-0.15, -0.1) is 0 Å². The van der Waals surface area contributed by atoms with Crippen molar-refractivity contribution in [3.8, 4) is 0 Å². The number of rotatable bonds is 3. The Morgan fingerprint density at radius 3 is 2.74 bits per heavy atom. The zero-order chi connectivity index (χ0) is 14.2. The van der Waals surface area contributed by atoms with Crippen molar-refractivity contribution in [1.29, 1.82) is 0 Å². The standard InChI is InChI=1S/C10H10ClFN4O2S/c1-5-9(13)10(15-14-5)16-19(17,18)8-4-6(12)2-3-7(8)11/h2-4H,13H2,1H3,(H2,14,15,16). The first kappa shape index (κ1) is 13.6. The van der Waals surface area contributed by atoms with Crippen LogP contribution in [0.25, 0.3) is 0 Å². The second kappa shape index (κ2) is 4.71. The first-order valence-corrected chi connectivity index (χ1v) is 6.95. The van der Waals surface area contributed by atoms with Crippen molar-refractivity contribution in [3.05, 3.63) is 34.7 Å². The minimum atomic E-state index is -4.06. The maximum absolute atomic E-state index is 13.1. The van der Waals surface area contributed by atoms with Crippen LogP contribution in [0.1, 0.15) is 5.69 Å². The second-order valence-electron chi connectivity index (χ2n) is 3.79. The number of nitrogen functional groups attached to an aromatic ring is 1. The number of nitrogens with zero attached hydrogens (tertiary/aromatic N) is 1. The summed E-state index contributed by atoms with van der Waals surface area (Å²) in [6.07, 6.45) is 0. The van der Waals surface area contributed by atoms with Crippen molar-refractivity contribution in [2.45, 2.75) is 11.8 Å². The molecule has 0 saturated heterocycles. The van der Waals surface area contributed by atoms with Gasteiger partial charge in [0.15, 0.2) is 5.82 Å². The quantitative estimate of drug-likeness (QED) is 0.806. The van der Waals surface area contributed by atoms with Gasteiger partial charge in [0.2, 0.25) is 0 Å². The van der Waals surface area contributed by atoms with E-state index in [1.807, 2.05) is 0 Å². The van der Waals surface area contributed by atoms with Gasteiger partial charge in [-0.3, -0.25) is 9.82 Å². The molecule has 2 aromatic rings. The van der Waals surface area contributed by atoms with Gasteiger partial charge in [-0.05, 0) is 25.1 Å². The van der Waals surface area contributed by atoms with Crippen LogP contribution in [0.3, 0.4) is 0 Å². The topological polar surface area (TPSA) is 101 Å². The Morgan fingerprint density at radius 2 is 2.16 bits per heavy atom. The molecule has 0 bridgehead atoms. The van der Waals surface area contributed by atoms with Crippen molar-refractivity contribution in [2.24, 2.45) is 0 Å². The number of benzene rings is 1. The van der Waals surface area contributed by atoms with E-state index in [0.29, 0.717) is 5.69 Å². The maximum atomic E-state index is 13.1. The second-order valence-corrected chi connectivity index (χ2v) is 5.85. The fraction of sp³-hybridized carbons (Fsp3) is 0.100. The summed E-state index contributed by atoms with van der Waals surface area (Å²) in [5.41, 5.74) is 6.31. The molecule has 0 aliphatic carbocycles. The molecule has 0 atom stereocenters. The summed E-state index contributed by atoms with van der Waals surface area (Å²) in [6.45, 7) is 1.63. The number of aryl methyl sites for hydroxylation is 1. The third-order valence-corrected chi connectivity index (χ3v) is 4.23. The van der Waals surface area contributed by atoms with Crippen LogP contribution < -0.4 is 10.5 Å². The van der Waals surface area contributed by atoms with Crippen LogP contribution in [0.4, 0.5) is 15.9 Å². The lowest BCUT2D eigenvalue weighted by molar-refractivity contribution is 0.595. The molecule has 9 heteroatoms. The van der Waals surface area contributed by atoms with Crippen LogP contribution in [0, 0.1) is 12.7 Å². The largest absolute Gasteiger partial charge is 0.394 e. The molecular formula is C10H10ClFN4O2S. The van der Waals surface area contributed by atoms with Gasteiger partial charge in [0.05, 0.1) is 16.4 Å². The van der Waals surface area contributed by atoms with E-state index in [1.54, 1.807) is 6.92 Å². The van der Waals surface area contributed by atoms with E-state index < -0.39 is 15.8 Å². The minimum Gasteiger partial charge on any atom is -0.394 e. The molecular weight excluding hydrogens is 295 g/mol. The summed E-state index contributed by atoms with van der Waals surface area (Å²) in [5.74, 6) is -0.770. The van der Waals surface area contributed by atoms with Gasteiger partial charge in [-0.25, -0.2) is 12.8 Å². The number of sulfonamides is 1. The smallest absolute Gasteiger partial charge is 0.264 e. The summed E-state index contributed by atoms with van der Waals surface area (Å²) < 4.78 is 39.4. The fourth-order valence-corrected chi connectivity index (χ4v) is 2.92. The third-order valence-electron chi connectivity index (χ3n) is 2.41. The van der Waals surface area contributed by atoms with Crippen LogP contribution in [-0.2, 0) is 10.0 Å². The van der Waals surface area contributed by atoms with E-state index >= 15 is 0 Å². The lowest BCUT2D eigenvalue weighted by atomic mass is 10.3. The molecule has 4 N–H and O–H groups in total. The van der Waals surface area contributed by atoms with Crippen LogP contribution in [-0.4, -0.2) is 18.6 Å². The van der Waals surface area contributed by atoms with Crippen LogP contribution in [0.2, 0.25) is 5.02 Å². The summed E-state index contributed by atoms with van der Waals surface area (Å²) in [7, 11) is -4.06. The molecule has 0 aliphatic heterocycles. The van der Waals surface area contributed by atoms with Gasteiger partial charge < -0.3 is 5.73 Å². The molecule has 0 amide bonds. The predicted octanol–water partition coefficient (Wildman–Crippen LogP) is 1.89. The van der Waals surface area contributed by atoms with Gasteiger partial charge in [0.1, 0.15) is 10.7 Å². The number of nitrogens with two attached hydrogens (primary N) is 1. The number of aromatic amines is 1. The number of aromatic nitrogens is 2. The Bertz CT molecular complexity index is 729. The number of halogens is 2. The Balaban J connectivity index is 2.43. The Labute approximate surface area is 113 Å². The Kier molecular flexibility index (Phi) is 3.38. The van der Waals surface area contributed by atoms with Crippen LogP contribution >= 0.6 is 11.6 Å². The summed E-state index contributed by atoms with van der Waals surface area (Å²) in [5, 5.41) is 6.13. The highest BCUT2D eigenvalue weighted by molar-refractivity contribution is 7.92. The summed E-state index contributed by atoms with van der Waals surface area (Å²) in [6, 6.07) is 3.04. The van der Waals surface area contributed by atoms with Crippen molar-refractivity contribution >= 4 is 33.1 Å². The van der Waals surface area contributed by atoms with E-state index in [9.17, 15) is 12.8 Å². The zero-order valence-electron chi connectivity index (χ0n) is 9.74. The Hall–Kier alpha value is -1.80. The molecule has 1 aromatic carbocycles. The summed E-state index contributed by atoms with van der Waals surface area (Å²) >= 11 is 5.75. The SMILES string of the molecule is Cc1[nH]nc(NS(=O)(=O)c2cc(F)ccc2Cl)c1N. The maximum Gasteiger partial charge on any atom is 0.264 e. The molecule has 0 radical (unpaired) electrons. The van der Waals surface area contributed by atoms with Gasteiger partial charge in [-0.2, -0.15) is 5.10 Å². The van der Waals surface area contributed by atoms with Gasteiger partial charge in [0, 0.05) is 0 Å². The molecule has 6 nitrogen and oxygen atoms in total. The average Bonchev–Trinajstić information content (AvgIpc) is 2.63. The molecule has 0 aliphatic rings. The number of H-pyrrole nitrogens is 1. The molecule has 102 valence electrons. The van der Waals surface area contributed by atoms with Crippen molar-refractivity contribution in [3.63, 3.8) is 0 Å². The Morgan fingerprint density at radius 1 is 1.47 bits per heavy atom. The molecule has 1 heterocycles. The summed E-state index contributed by atoms with van der Waals surface area (Å²) in [4.78, 5) is -0.380. The van der Waals surface area contributed by atoms with Crippen molar-refractivity contribution in [2.75, 3.05) is 10.5 Å². The van der Waals surface area contributed by atoms with E-state index in [4.69, 9.17) is 17.3 Å². The fourth-order valence-electron chi connectivity index (χ4n) is 1.38. The molecule has 1 aromatic heterocycles. The molecule has 0 saturated carbocycles. The first-order valence-electron chi connectivity index (χ1n) is 5.09. The highest BCUT2D eigenvalue weighted by Gasteiger charge is 2.21. The van der Waals surface area contributed by atoms with Crippen molar-refractivity contribution in [1.82, 2.24) is 10.2 Å². The van der Waals surface area contributed by atoms with E-state index in [2.05, 4.69) is 14.9 Å². The number of anilines is 2. The monoisotopic (exact) mass is 304 g/mol. The van der Waals surface area contributed by atoms with Gasteiger partial charge in [-0.1, -0.05) is 11.6 Å². The molecule has 0 fully saturated rings. The highest BCUT2D eigenvalue weighted by atomic mass is 35.5. The van der Waals surface area contributed by atoms with E-state index in [-0.39, 0.29) is 21.4 Å². The minimum absolute atomic E-state index is 0.0576. The lowest BCUT2D eigenvalue weighted by Gasteiger charge is -2.08.